The molecule has 1 aromatic heterocycles. The van der Waals surface area contributed by atoms with Crippen molar-refractivity contribution < 1.29 is 13.9 Å². The van der Waals surface area contributed by atoms with Crippen LogP contribution in [-0.4, -0.2) is 43.2 Å². The zero-order valence-electron chi connectivity index (χ0n) is 13.3. The average molecular weight is 306 g/mol. The first-order chi connectivity index (χ1) is 10.7. The average Bonchev–Trinajstić information content (AvgIpc) is 3.22. The molecule has 2 aliphatic heterocycles. The van der Waals surface area contributed by atoms with Gasteiger partial charge in [-0.25, -0.2) is 0 Å². The fourth-order valence-electron chi connectivity index (χ4n) is 3.33. The molecule has 5 heteroatoms. The maximum absolute atomic E-state index is 12.2. The van der Waals surface area contributed by atoms with E-state index in [1.54, 1.807) is 6.26 Å². The van der Waals surface area contributed by atoms with Crippen LogP contribution in [0.15, 0.2) is 22.8 Å². The first kappa shape index (κ1) is 15.6. The van der Waals surface area contributed by atoms with E-state index in [9.17, 15) is 4.79 Å². The van der Waals surface area contributed by atoms with Crippen molar-refractivity contribution >= 4 is 5.91 Å². The fraction of sp³-hybridized carbons (Fsp3) is 0.706. The van der Waals surface area contributed by atoms with Gasteiger partial charge in [0.25, 0.3) is 0 Å². The molecular formula is C17H26N2O3. The van der Waals surface area contributed by atoms with Gasteiger partial charge in [0, 0.05) is 13.2 Å². The molecule has 3 rings (SSSR count). The van der Waals surface area contributed by atoms with Gasteiger partial charge in [-0.3, -0.25) is 9.69 Å². The maximum Gasteiger partial charge on any atom is 0.249 e. The van der Waals surface area contributed by atoms with Gasteiger partial charge < -0.3 is 14.5 Å². The molecule has 0 radical (unpaired) electrons. The summed E-state index contributed by atoms with van der Waals surface area (Å²) in [6.07, 6.45) is 5.66. The van der Waals surface area contributed by atoms with Crippen molar-refractivity contribution in [1.82, 2.24) is 10.2 Å². The summed E-state index contributed by atoms with van der Waals surface area (Å²) < 4.78 is 11.1. The van der Waals surface area contributed by atoms with Crippen molar-refractivity contribution in [2.45, 2.75) is 44.8 Å². The second-order valence-electron chi connectivity index (χ2n) is 6.50. The van der Waals surface area contributed by atoms with E-state index in [1.807, 2.05) is 12.1 Å². The third-order valence-corrected chi connectivity index (χ3v) is 4.82. The van der Waals surface area contributed by atoms with Gasteiger partial charge in [0.2, 0.25) is 5.91 Å². The molecule has 2 unspecified atom stereocenters. The highest BCUT2D eigenvalue weighted by Gasteiger charge is 2.29. The first-order valence-corrected chi connectivity index (χ1v) is 8.41. The van der Waals surface area contributed by atoms with Crippen LogP contribution in [0.4, 0.5) is 0 Å². The Balaban J connectivity index is 1.60. The van der Waals surface area contributed by atoms with E-state index in [0.717, 1.165) is 37.6 Å². The summed E-state index contributed by atoms with van der Waals surface area (Å²) in [6, 6.07) is 4.03. The SMILES string of the molecule is CC1CCN(C(CNC(=O)C2CCCO2)c2ccco2)CC1. The molecule has 122 valence electrons. The van der Waals surface area contributed by atoms with Gasteiger partial charge in [-0.1, -0.05) is 6.92 Å². The number of likely N-dealkylation sites (tertiary alicyclic amines) is 1. The van der Waals surface area contributed by atoms with Crippen LogP contribution in [-0.2, 0) is 9.53 Å². The Bertz CT molecular complexity index is 460. The quantitative estimate of drug-likeness (QED) is 0.907. The van der Waals surface area contributed by atoms with E-state index < -0.39 is 0 Å². The number of rotatable bonds is 5. The summed E-state index contributed by atoms with van der Waals surface area (Å²) in [4.78, 5) is 14.6. The molecule has 0 aliphatic carbocycles. The van der Waals surface area contributed by atoms with E-state index in [0.29, 0.717) is 13.2 Å². The van der Waals surface area contributed by atoms with Crippen LogP contribution in [0.25, 0.3) is 0 Å². The predicted octanol–water partition coefficient (Wildman–Crippen LogP) is 2.35. The molecule has 1 amide bonds. The monoisotopic (exact) mass is 306 g/mol. The number of piperidine rings is 1. The summed E-state index contributed by atoms with van der Waals surface area (Å²) in [5.41, 5.74) is 0. The van der Waals surface area contributed by atoms with Crippen LogP contribution < -0.4 is 5.32 Å². The molecule has 2 saturated heterocycles. The lowest BCUT2D eigenvalue weighted by Gasteiger charge is -2.35. The third-order valence-electron chi connectivity index (χ3n) is 4.82. The van der Waals surface area contributed by atoms with E-state index >= 15 is 0 Å². The van der Waals surface area contributed by atoms with Crippen molar-refractivity contribution in [3.05, 3.63) is 24.2 Å². The number of furan rings is 1. The van der Waals surface area contributed by atoms with Gasteiger partial charge in [-0.2, -0.15) is 0 Å². The number of nitrogens with zero attached hydrogens (tertiary/aromatic N) is 1. The summed E-state index contributed by atoms with van der Waals surface area (Å²) >= 11 is 0. The minimum absolute atomic E-state index is 0.0134. The Morgan fingerprint density at radius 2 is 2.23 bits per heavy atom. The lowest BCUT2D eigenvalue weighted by atomic mass is 9.97. The molecule has 22 heavy (non-hydrogen) atoms. The topological polar surface area (TPSA) is 54.7 Å². The molecule has 2 fully saturated rings. The van der Waals surface area contributed by atoms with E-state index in [2.05, 4.69) is 17.1 Å². The Labute approximate surface area is 132 Å². The fourth-order valence-corrected chi connectivity index (χ4v) is 3.33. The zero-order valence-corrected chi connectivity index (χ0v) is 13.3. The molecule has 2 atom stereocenters. The Kier molecular flexibility index (Phi) is 5.16. The molecule has 0 aromatic carbocycles. The number of hydrogen-bond acceptors (Lipinski definition) is 4. The summed E-state index contributed by atoms with van der Waals surface area (Å²) in [5.74, 6) is 1.73. The summed E-state index contributed by atoms with van der Waals surface area (Å²) in [5, 5.41) is 3.06. The van der Waals surface area contributed by atoms with Crippen LogP contribution in [0.3, 0.4) is 0 Å². The van der Waals surface area contributed by atoms with E-state index in [1.165, 1.54) is 12.8 Å². The Hall–Kier alpha value is -1.33. The Morgan fingerprint density at radius 3 is 2.86 bits per heavy atom. The van der Waals surface area contributed by atoms with E-state index in [-0.39, 0.29) is 18.1 Å². The molecule has 0 spiro atoms. The predicted molar refractivity (Wildman–Crippen MR) is 83.4 cm³/mol. The molecule has 0 bridgehead atoms. The molecule has 0 saturated carbocycles. The summed E-state index contributed by atoms with van der Waals surface area (Å²) in [7, 11) is 0. The third kappa shape index (κ3) is 3.70. The minimum atomic E-state index is -0.265. The maximum atomic E-state index is 12.2. The number of carbonyl (C=O) groups is 1. The molecule has 1 N–H and O–H groups in total. The number of amides is 1. The van der Waals surface area contributed by atoms with Gasteiger partial charge in [0.1, 0.15) is 11.9 Å². The van der Waals surface area contributed by atoms with Crippen molar-refractivity contribution in [2.24, 2.45) is 5.92 Å². The lowest BCUT2D eigenvalue weighted by Crippen LogP contribution is -2.44. The zero-order chi connectivity index (χ0) is 15.4. The molecule has 5 nitrogen and oxygen atoms in total. The van der Waals surface area contributed by atoms with Crippen LogP contribution in [0.1, 0.15) is 44.4 Å². The van der Waals surface area contributed by atoms with E-state index in [4.69, 9.17) is 9.15 Å². The van der Waals surface area contributed by atoms with Crippen molar-refractivity contribution in [2.75, 3.05) is 26.2 Å². The molecule has 3 heterocycles. The standard InChI is InChI=1S/C17H26N2O3/c1-13-6-8-19(9-7-13)14(15-4-2-10-21-15)12-18-17(20)16-5-3-11-22-16/h2,4,10,13-14,16H,3,5-9,11-12H2,1H3,(H,18,20). The lowest BCUT2D eigenvalue weighted by molar-refractivity contribution is -0.130. The van der Waals surface area contributed by atoms with Crippen LogP contribution in [0, 0.1) is 5.92 Å². The van der Waals surface area contributed by atoms with Gasteiger partial charge >= 0.3 is 0 Å². The number of nitrogens with one attached hydrogen (secondary N) is 1. The van der Waals surface area contributed by atoms with Crippen molar-refractivity contribution in [1.29, 1.82) is 0 Å². The van der Waals surface area contributed by atoms with Crippen LogP contribution >= 0.6 is 0 Å². The largest absolute Gasteiger partial charge is 0.468 e. The van der Waals surface area contributed by atoms with Crippen molar-refractivity contribution in [3.8, 4) is 0 Å². The normalized spacial score (nSPS) is 25.2. The van der Waals surface area contributed by atoms with Gasteiger partial charge in [-0.05, 0) is 56.8 Å². The highest BCUT2D eigenvalue weighted by Crippen LogP contribution is 2.26. The van der Waals surface area contributed by atoms with Gasteiger partial charge in [0.05, 0.1) is 12.3 Å². The van der Waals surface area contributed by atoms with Gasteiger partial charge in [-0.15, -0.1) is 0 Å². The highest BCUT2D eigenvalue weighted by molar-refractivity contribution is 5.81. The molecule has 2 aliphatic rings. The molecule has 1 aromatic rings. The van der Waals surface area contributed by atoms with Crippen molar-refractivity contribution in [3.63, 3.8) is 0 Å². The number of ether oxygens (including phenoxy) is 1. The molecular weight excluding hydrogens is 280 g/mol. The van der Waals surface area contributed by atoms with Gasteiger partial charge in [0.15, 0.2) is 0 Å². The number of carbonyl (C=O) groups excluding carboxylic acids is 1. The minimum Gasteiger partial charge on any atom is -0.468 e. The Morgan fingerprint density at radius 1 is 1.41 bits per heavy atom. The first-order valence-electron chi connectivity index (χ1n) is 8.41. The van der Waals surface area contributed by atoms with Crippen LogP contribution in [0.2, 0.25) is 0 Å². The highest BCUT2D eigenvalue weighted by atomic mass is 16.5. The summed E-state index contributed by atoms with van der Waals surface area (Å²) in [6.45, 7) is 5.70. The van der Waals surface area contributed by atoms with Crippen LogP contribution in [0.5, 0.6) is 0 Å². The number of hydrogen-bond donors (Lipinski definition) is 1. The second-order valence-corrected chi connectivity index (χ2v) is 6.50. The second kappa shape index (κ2) is 7.29. The smallest absolute Gasteiger partial charge is 0.249 e.